The molecule has 11 nitrogen and oxygen atoms in total. The molecule has 0 aliphatic rings. The van der Waals surface area contributed by atoms with Gasteiger partial charge in [0.1, 0.15) is 12.7 Å². The number of ether oxygens (including phenoxy) is 1. The molecule has 0 saturated carbocycles. The first kappa shape index (κ1) is 62.9. The van der Waals surface area contributed by atoms with Crippen molar-refractivity contribution in [1.29, 1.82) is 0 Å². The molecular formula is C54H94NO10P. The van der Waals surface area contributed by atoms with E-state index in [-0.39, 0.29) is 12.8 Å². The number of rotatable bonds is 48. The van der Waals surface area contributed by atoms with Gasteiger partial charge in [0.05, 0.1) is 13.2 Å². The van der Waals surface area contributed by atoms with Gasteiger partial charge in [-0.2, -0.15) is 0 Å². The van der Waals surface area contributed by atoms with Crippen LogP contribution in [0.1, 0.15) is 219 Å². The number of carbonyl (C=O) groups excluding carboxylic acids is 2. The summed E-state index contributed by atoms with van der Waals surface area (Å²) in [7, 11) is -4.77. The second-order valence-electron chi connectivity index (χ2n) is 17.4. The number of aliphatic hydroxyl groups excluding tert-OH is 1. The van der Waals surface area contributed by atoms with Crippen LogP contribution < -0.4 is 5.32 Å². The number of nitrogens with one attached hydrogen (secondary N) is 1. The summed E-state index contributed by atoms with van der Waals surface area (Å²) in [5.74, 6) is -2.39. The smallest absolute Gasteiger partial charge is 0.472 e. The molecule has 66 heavy (non-hydrogen) atoms. The molecule has 0 rings (SSSR count). The number of hydrogen-bond donors (Lipinski definition) is 4. The number of carboxylic acid groups (broad SMARTS) is 1. The zero-order chi connectivity index (χ0) is 48.4. The first-order valence-electron chi connectivity index (χ1n) is 26.0. The lowest BCUT2D eigenvalue weighted by atomic mass is 10.1. The van der Waals surface area contributed by atoms with E-state index in [4.69, 9.17) is 13.8 Å². The summed E-state index contributed by atoms with van der Waals surface area (Å²) >= 11 is 0. The quantitative estimate of drug-likeness (QED) is 0.0199. The molecule has 0 aromatic rings. The van der Waals surface area contributed by atoms with Crippen molar-refractivity contribution in [2.45, 2.75) is 231 Å². The Morgan fingerprint density at radius 3 is 1.24 bits per heavy atom. The van der Waals surface area contributed by atoms with Crippen LogP contribution in [0.5, 0.6) is 0 Å². The predicted octanol–water partition coefficient (Wildman–Crippen LogP) is 14.5. The number of aliphatic carboxylic acids is 1. The molecule has 0 aromatic carbocycles. The Balaban J connectivity index is 3.87. The van der Waals surface area contributed by atoms with E-state index in [0.717, 1.165) is 96.3 Å². The Hall–Kier alpha value is -3.08. The maximum absolute atomic E-state index is 12.4. The molecule has 4 N–H and O–H groups in total. The fraction of sp³-hybridized carbons (Fsp3) is 0.722. The molecule has 0 aliphatic heterocycles. The second kappa shape index (κ2) is 48.4. The van der Waals surface area contributed by atoms with Crippen LogP contribution >= 0.6 is 7.82 Å². The van der Waals surface area contributed by atoms with Crippen LogP contribution in [0.25, 0.3) is 0 Å². The van der Waals surface area contributed by atoms with Gasteiger partial charge in [-0.3, -0.25) is 18.6 Å². The lowest BCUT2D eigenvalue weighted by molar-refractivity contribution is -0.147. The van der Waals surface area contributed by atoms with E-state index in [1.807, 2.05) is 0 Å². The third kappa shape index (κ3) is 47.4. The molecular weight excluding hydrogens is 854 g/mol. The Morgan fingerprint density at radius 1 is 0.485 bits per heavy atom. The zero-order valence-corrected chi connectivity index (χ0v) is 42.4. The molecule has 380 valence electrons. The van der Waals surface area contributed by atoms with Gasteiger partial charge in [-0.1, -0.05) is 189 Å². The normalized spacial score (nSPS) is 14.1. The Bertz CT molecular complexity index is 1390. The van der Waals surface area contributed by atoms with Crippen LogP contribution in [0.15, 0.2) is 72.9 Å². The lowest BCUT2D eigenvalue weighted by Crippen LogP contribution is -2.43. The fourth-order valence-electron chi connectivity index (χ4n) is 6.92. The van der Waals surface area contributed by atoms with Gasteiger partial charge in [0.2, 0.25) is 5.91 Å². The summed E-state index contributed by atoms with van der Waals surface area (Å²) in [6, 6.07) is -1.56. The third-order valence-electron chi connectivity index (χ3n) is 11.0. The van der Waals surface area contributed by atoms with Gasteiger partial charge in [0, 0.05) is 12.8 Å². The Morgan fingerprint density at radius 2 is 0.833 bits per heavy atom. The van der Waals surface area contributed by atoms with E-state index in [2.05, 4.69) is 92.1 Å². The van der Waals surface area contributed by atoms with Crippen LogP contribution in [-0.4, -0.2) is 64.9 Å². The van der Waals surface area contributed by atoms with Crippen molar-refractivity contribution in [2.24, 2.45) is 0 Å². The van der Waals surface area contributed by atoms with Gasteiger partial charge in [0.15, 0.2) is 6.04 Å². The molecule has 0 bridgehead atoms. The lowest BCUT2D eigenvalue weighted by Gasteiger charge is -2.18. The van der Waals surface area contributed by atoms with Crippen LogP contribution in [0.4, 0.5) is 0 Å². The molecule has 3 unspecified atom stereocenters. The molecule has 0 radical (unpaired) electrons. The molecule has 0 spiro atoms. The van der Waals surface area contributed by atoms with Crippen molar-refractivity contribution >= 4 is 25.7 Å². The molecule has 0 aliphatic carbocycles. The van der Waals surface area contributed by atoms with Crippen molar-refractivity contribution in [1.82, 2.24) is 5.32 Å². The monoisotopic (exact) mass is 948 g/mol. The largest absolute Gasteiger partial charge is 0.480 e. The maximum atomic E-state index is 12.4. The van der Waals surface area contributed by atoms with E-state index in [1.165, 1.54) is 83.5 Å². The molecule has 0 fully saturated rings. The highest BCUT2D eigenvalue weighted by atomic mass is 31.2. The SMILES string of the molecule is CCCCC/C=C\C/C=C\C/C=C\C/C=C\CCCCCCCCCC(=O)NC(COP(=O)(O)OCC(O)COC(=O)CCCCCCCCCCC/C=C\C/C=C\CCCCC)C(=O)O. The zero-order valence-electron chi connectivity index (χ0n) is 41.5. The fourth-order valence-corrected chi connectivity index (χ4v) is 7.69. The van der Waals surface area contributed by atoms with Crippen molar-refractivity contribution in [3.8, 4) is 0 Å². The number of amides is 1. The standard InChI is InChI=1S/C54H94NO10P/c1-3-5-7-9-11-13-15-17-19-21-23-24-25-26-28-29-31-33-35-37-39-41-43-45-52(57)55-51(54(59)60)49-65-66(61,62)64-48-50(56)47-63-53(58)46-44-42-40-38-36-34-32-30-27-22-20-18-16-14-12-10-8-6-4-2/h11-14,17-20,23-24,26,28,50-51,56H,3-10,15-16,21-22,25,27,29-49H2,1-2H3,(H,55,57)(H,59,60)(H,61,62)/b13-11-,14-12-,19-17-,20-18-,24-23-,28-26-. The predicted molar refractivity (Wildman–Crippen MR) is 272 cm³/mol. The van der Waals surface area contributed by atoms with Crippen LogP contribution in [0, 0.1) is 0 Å². The van der Waals surface area contributed by atoms with E-state index < -0.39 is 57.6 Å². The van der Waals surface area contributed by atoms with Crippen LogP contribution in [0.3, 0.4) is 0 Å². The number of carboxylic acids is 1. The number of esters is 1. The average molecular weight is 948 g/mol. The maximum Gasteiger partial charge on any atom is 0.472 e. The number of allylic oxidation sites excluding steroid dienone is 12. The van der Waals surface area contributed by atoms with Gasteiger partial charge >= 0.3 is 19.8 Å². The molecule has 12 heteroatoms. The molecule has 3 atom stereocenters. The minimum Gasteiger partial charge on any atom is -0.480 e. The van der Waals surface area contributed by atoms with Gasteiger partial charge < -0.3 is 25.2 Å². The second-order valence-corrected chi connectivity index (χ2v) is 18.8. The minimum atomic E-state index is -4.77. The van der Waals surface area contributed by atoms with Crippen LogP contribution in [0.2, 0.25) is 0 Å². The third-order valence-corrected chi connectivity index (χ3v) is 11.9. The summed E-state index contributed by atoms with van der Waals surface area (Å²) in [5, 5.41) is 21.9. The van der Waals surface area contributed by atoms with E-state index in [1.54, 1.807) is 0 Å². The topological polar surface area (TPSA) is 169 Å². The minimum absolute atomic E-state index is 0.130. The number of carbonyl (C=O) groups is 3. The van der Waals surface area contributed by atoms with E-state index >= 15 is 0 Å². The molecule has 1 amide bonds. The van der Waals surface area contributed by atoms with Gasteiger partial charge in [0.25, 0.3) is 0 Å². The highest BCUT2D eigenvalue weighted by Crippen LogP contribution is 2.43. The van der Waals surface area contributed by atoms with Crippen molar-refractivity contribution < 1.29 is 47.8 Å². The Kier molecular flexibility index (Phi) is 46.1. The number of hydrogen-bond acceptors (Lipinski definition) is 8. The van der Waals surface area contributed by atoms with Crippen molar-refractivity contribution in [3.05, 3.63) is 72.9 Å². The van der Waals surface area contributed by atoms with Crippen LogP contribution in [-0.2, 0) is 32.7 Å². The van der Waals surface area contributed by atoms with Crippen molar-refractivity contribution in [2.75, 3.05) is 19.8 Å². The van der Waals surface area contributed by atoms with Gasteiger partial charge in [-0.15, -0.1) is 0 Å². The number of phosphoric ester groups is 1. The molecule has 0 heterocycles. The summed E-state index contributed by atoms with van der Waals surface area (Å²) in [6.07, 6.45) is 59.1. The summed E-state index contributed by atoms with van der Waals surface area (Å²) in [4.78, 5) is 46.2. The van der Waals surface area contributed by atoms with Crippen molar-refractivity contribution in [3.63, 3.8) is 0 Å². The van der Waals surface area contributed by atoms with E-state index in [9.17, 15) is 34.1 Å². The first-order chi connectivity index (χ1) is 32.1. The number of phosphoric acid groups is 1. The molecule has 0 saturated heterocycles. The highest BCUT2D eigenvalue weighted by molar-refractivity contribution is 7.47. The summed E-state index contributed by atoms with van der Waals surface area (Å²) < 4.78 is 27.0. The summed E-state index contributed by atoms with van der Waals surface area (Å²) in [6.45, 7) is 2.55. The van der Waals surface area contributed by atoms with Gasteiger partial charge in [-0.25, -0.2) is 9.36 Å². The number of aliphatic hydroxyl groups is 1. The summed E-state index contributed by atoms with van der Waals surface area (Å²) in [5.41, 5.74) is 0. The first-order valence-corrected chi connectivity index (χ1v) is 27.5. The average Bonchev–Trinajstić information content (AvgIpc) is 3.29. The Labute approximate surface area is 401 Å². The van der Waals surface area contributed by atoms with E-state index in [0.29, 0.717) is 12.8 Å². The van der Waals surface area contributed by atoms with Gasteiger partial charge in [-0.05, 0) is 89.9 Å². The highest BCUT2D eigenvalue weighted by Gasteiger charge is 2.28. The molecule has 0 aromatic heterocycles. The number of unbranched alkanes of at least 4 members (excludes halogenated alkanes) is 22.